The van der Waals surface area contributed by atoms with Crippen LogP contribution in [0.2, 0.25) is 10.0 Å². The number of amides is 1. The lowest BCUT2D eigenvalue weighted by Gasteiger charge is -2.16. The SMILES string of the molecule is CCOc1cc(C=Nn2c(-c3cc4cc(Cl)ccc4o3)nc3ccccc3c2=O)c(Br)c(Cl)c1OCC(=O)Nc1cccc(F)c1. The molecule has 0 saturated heterocycles. The van der Waals surface area contributed by atoms with Gasteiger partial charge in [-0.25, -0.2) is 9.37 Å². The highest BCUT2D eigenvalue weighted by molar-refractivity contribution is 9.10. The van der Waals surface area contributed by atoms with Crippen molar-refractivity contribution in [3.63, 3.8) is 0 Å². The summed E-state index contributed by atoms with van der Waals surface area (Å²) in [7, 11) is 0. The molecule has 1 amide bonds. The smallest absolute Gasteiger partial charge is 0.282 e. The fraction of sp³-hybridized carbons (Fsp3) is 0.0909. The largest absolute Gasteiger partial charge is 0.490 e. The molecule has 0 aliphatic carbocycles. The summed E-state index contributed by atoms with van der Waals surface area (Å²) < 4.78 is 32.6. The number of nitrogens with one attached hydrogen (secondary N) is 1. The molecule has 0 unspecified atom stereocenters. The van der Waals surface area contributed by atoms with Gasteiger partial charge in [0.05, 0.1) is 23.7 Å². The number of hydrogen-bond donors (Lipinski definition) is 1. The van der Waals surface area contributed by atoms with E-state index in [0.29, 0.717) is 37.3 Å². The van der Waals surface area contributed by atoms with Crippen LogP contribution in [0.3, 0.4) is 0 Å². The Bertz CT molecular complexity index is 2220. The first kappa shape index (κ1) is 31.3. The first-order valence-corrected chi connectivity index (χ1v) is 15.4. The van der Waals surface area contributed by atoms with Gasteiger partial charge in [-0.05, 0) is 83.5 Å². The number of carbonyl (C=O) groups is 1. The van der Waals surface area contributed by atoms with Gasteiger partial charge >= 0.3 is 0 Å². The van der Waals surface area contributed by atoms with Gasteiger partial charge in [-0.2, -0.15) is 9.78 Å². The topological polar surface area (TPSA) is 108 Å². The van der Waals surface area contributed by atoms with Crippen molar-refractivity contribution < 1.29 is 23.1 Å². The number of rotatable bonds is 9. The van der Waals surface area contributed by atoms with Gasteiger partial charge in [-0.3, -0.25) is 9.59 Å². The number of anilines is 1. The monoisotopic (exact) mass is 722 g/mol. The van der Waals surface area contributed by atoms with Crippen molar-refractivity contribution in [2.75, 3.05) is 18.5 Å². The molecule has 0 aliphatic heterocycles. The van der Waals surface area contributed by atoms with Gasteiger partial charge in [0.25, 0.3) is 11.5 Å². The number of benzene rings is 4. The molecule has 1 N–H and O–H groups in total. The third-order valence-electron chi connectivity index (χ3n) is 6.68. The lowest BCUT2D eigenvalue weighted by molar-refractivity contribution is -0.118. The predicted molar refractivity (Wildman–Crippen MR) is 180 cm³/mol. The third kappa shape index (κ3) is 6.48. The first-order valence-electron chi connectivity index (χ1n) is 13.8. The molecule has 0 atom stereocenters. The molecule has 0 aliphatic rings. The molecule has 0 saturated carbocycles. The molecule has 2 aromatic heterocycles. The number of fused-ring (bicyclic) bond motifs is 2. The second-order valence-corrected chi connectivity index (χ2v) is 11.4. The number of furan rings is 1. The van der Waals surface area contributed by atoms with Gasteiger partial charge in [-0.1, -0.05) is 41.4 Å². The number of aromatic nitrogens is 2. The van der Waals surface area contributed by atoms with E-state index in [4.69, 9.17) is 42.1 Å². The van der Waals surface area contributed by atoms with Crippen molar-refractivity contribution >= 4 is 78.8 Å². The maximum atomic E-state index is 13.7. The minimum absolute atomic E-state index is 0.101. The summed E-state index contributed by atoms with van der Waals surface area (Å²) in [6, 6.07) is 20.9. The molecule has 2 heterocycles. The Kier molecular flexibility index (Phi) is 9.07. The first-order chi connectivity index (χ1) is 22.2. The van der Waals surface area contributed by atoms with Crippen LogP contribution in [0.5, 0.6) is 11.5 Å². The van der Waals surface area contributed by atoms with Gasteiger partial charge in [0.1, 0.15) is 16.4 Å². The Morgan fingerprint density at radius 3 is 2.72 bits per heavy atom. The van der Waals surface area contributed by atoms with Crippen LogP contribution in [-0.4, -0.2) is 35.0 Å². The summed E-state index contributed by atoms with van der Waals surface area (Å²) in [6.07, 6.45) is 1.42. The van der Waals surface area contributed by atoms with Crippen molar-refractivity contribution in [3.05, 3.63) is 115 Å². The zero-order chi connectivity index (χ0) is 32.4. The molecule has 4 aromatic carbocycles. The average Bonchev–Trinajstić information content (AvgIpc) is 3.46. The summed E-state index contributed by atoms with van der Waals surface area (Å²) >= 11 is 16.3. The fourth-order valence-corrected chi connectivity index (χ4v) is 5.47. The van der Waals surface area contributed by atoms with E-state index in [1.165, 1.54) is 24.4 Å². The van der Waals surface area contributed by atoms with Crippen molar-refractivity contribution in [2.24, 2.45) is 5.10 Å². The predicted octanol–water partition coefficient (Wildman–Crippen LogP) is 8.32. The van der Waals surface area contributed by atoms with E-state index in [0.717, 1.165) is 10.1 Å². The molecule has 0 radical (unpaired) electrons. The lowest BCUT2D eigenvalue weighted by atomic mass is 10.2. The minimum atomic E-state index is -0.533. The van der Waals surface area contributed by atoms with Crippen LogP contribution in [0.4, 0.5) is 10.1 Å². The standard InChI is InChI=1S/C33H22BrCl2FN4O5/c1-2-44-26-14-19(29(34)30(36)31(26)45-17-28(42)39-22-7-5-6-21(37)15-22)16-38-41-32(40-24-9-4-3-8-23(24)33(41)43)27-13-18-12-20(35)10-11-25(18)46-27/h3-16H,2,17H2,1H3,(H,39,42). The van der Waals surface area contributed by atoms with E-state index < -0.39 is 23.9 Å². The van der Waals surface area contributed by atoms with E-state index in [9.17, 15) is 14.0 Å². The highest BCUT2D eigenvalue weighted by atomic mass is 79.9. The van der Waals surface area contributed by atoms with E-state index in [1.54, 1.807) is 67.6 Å². The van der Waals surface area contributed by atoms with Gasteiger partial charge in [-0.15, -0.1) is 0 Å². The summed E-state index contributed by atoms with van der Waals surface area (Å²) in [4.78, 5) is 30.9. The molecule has 6 rings (SSSR count). The Morgan fingerprint density at radius 2 is 1.91 bits per heavy atom. The highest BCUT2D eigenvalue weighted by Gasteiger charge is 2.20. The van der Waals surface area contributed by atoms with Crippen LogP contribution in [-0.2, 0) is 4.79 Å². The van der Waals surface area contributed by atoms with Crippen LogP contribution in [0.25, 0.3) is 33.5 Å². The summed E-state index contributed by atoms with van der Waals surface area (Å²) in [6.45, 7) is 1.60. The van der Waals surface area contributed by atoms with Crippen molar-refractivity contribution in [1.82, 2.24) is 9.66 Å². The number of hydrogen-bond acceptors (Lipinski definition) is 7. The van der Waals surface area contributed by atoms with Gasteiger partial charge in [0, 0.05) is 26.1 Å². The number of carbonyl (C=O) groups excluding carboxylic acids is 1. The second-order valence-electron chi connectivity index (χ2n) is 9.81. The van der Waals surface area contributed by atoms with Crippen LogP contribution >= 0.6 is 39.1 Å². The molecule has 6 aromatic rings. The van der Waals surface area contributed by atoms with Gasteiger partial charge < -0.3 is 19.2 Å². The maximum absolute atomic E-state index is 13.7. The number of nitrogens with zero attached hydrogens (tertiary/aromatic N) is 3. The number of halogens is 4. The average molecular weight is 724 g/mol. The minimum Gasteiger partial charge on any atom is -0.490 e. The maximum Gasteiger partial charge on any atom is 0.282 e. The number of ether oxygens (including phenoxy) is 2. The van der Waals surface area contributed by atoms with E-state index in [1.807, 2.05) is 0 Å². The van der Waals surface area contributed by atoms with E-state index in [-0.39, 0.29) is 34.6 Å². The molecule has 0 fully saturated rings. The second kappa shape index (κ2) is 13.3. The van der Waals surface area contributed by atoms with Crippen LogP contribution < -0.4 is 20.3 Å². The highest BCUT2D eigenvalue weighted by Crippen LogP contribution is 2.42. The quantitative estimate of drug-likeness (QED) is 0.150. The third-order valence-corrected chi connectivity index (χ3v) is 8.35. The molecule has 0 bridgehead atoms. The molecule has 46 heavy (non-hydrogen) atoms. The normalized spacial score (nSPS) is 11.4. The van der Waals surface area contributed by atoms with Gasteiger partial charge in [0.15, 0.2) is 23.9 Å². The van der Waals surface area contributed by atoms with Crippen molar-refractivity contribution in [2.45, 2.75) is 6.92 Å². The van der Waals surface area contributed by atoms with E-state index >= 15 is 0 Å². The van der Waals surface area contributed by atoms with Crippen molar-refractivity contribution in [3.8, 4) is 23.1 Å². The summed E-state index contributed by atoms with van der Waals surface area (Å²) in [5, 5.41) is 8.79. The Hall–Kier alpha value is -4.71. The zero-order valence-corrected chi connectivity index (χ0v) is 27.0. The molecular weight excluding hydrogens is 702 g/mol. The Balaban J connectivity index is 1.36. The van der Waals surface area contributed by atoms with Crippen LogP contribution in [0, 0.1) is 5.82 Å². The molecule has 13 heteroatoms. The Labute approximate surface area is 279 Å². The fourth-order valence-electron chi connectivity index (χ4n) is 4.63. The van der Waals surface area contributed by atoms with Gasteiger partial charge in [0.2, 0.25) is 5.82 Å². The van der Waals surface area contributed by atoms with Crippen molar-refractivity contribution in [1.29, 1.82) is 0 Å². The summed E-state index contributed by atoms with van der Waals surface area (Å²) in [5.41, 5.74) is 1.33. The number of para-hydroxylation sites is 1. The molecular formula is C33H22BrCl2FN4O5. The lowest BCUT2D eigenvalue weighted by Crippen LogP contribution is -2.21. The van der Waals surface area contributed by atoms with E-state index in [2.05, 4.69) is 26.3 Å². The molecule has 9 nitrogen and oxygen atoms in total. The van der Waals surface area contributed by atoms with Crippen LogP contribution in [0.15, 0.2) is 97.6 Å². The zero-order valence-electron chi connectivity index (χ0n) is 23.9. The molecule has 232 valence electrons. The summed E-state index contributed by atoms with van der Waals surface area (Å²) in [5.74, 6) is -0.206. The molecule has 0 spiro atoms. The van der Waals surface area contributed by atoms with Crippen LogP contribution in [0.1, 0.15) is 12.5 Å². The Morgan fingerprint density at radius 1 is 1.09 bits per heavy atom.